The number of anilines is 1. The summed E-state index contributed by atoms with van der Waals surface area (Å²) in [6.45, 7) is 3.27. The van der Waals surface area contributed by atoms with Crippen LogP contribution in [0.5, 0.6) is 0 Å². The summed E-state index contributed by atoms with van der Waals surface area (Å²) >= 11 is 0. The van der Waals surface area contributed by atoms with Gasteiger partial charge in [-0.1, -0.05) is 12.2 Å². The van der Waals surface area contributed by atoms with Crippen molar-refractivity contribution in [3.05, 3.63) is 23.9 Å². The van der Waals surface area contributed by atoms with Crippen molar-refractivity contribution in [3.63, 3.8) is 0 Å². The number of alkyl halides is 2. The van der Waals surface area contributed by atoms with Gasteiger partial charge in [0.2, 0.25) is 5.91 Å². The SMILES string of the molecule is Cc1cc2n(n1)[C@@H](C(F)F)C[C@@H](C1CCCN(C(=O)CC3C=CCC3)C1)N2. The van der Waals surface area contributed by atoms with Crippen LogP contribution in [0.4, 0.5) is 14.6 Å². The third-order valence-corrected chi connectivity index (χ3v) is 6.22. The molecule has 1 aliphatic carbocycles. The van der Waals surface area contributed by atoms with E-state index in [1.54, 1.807) is 0 Å². The van der Waals surface area contributed by atoms with Gasteiger partial charge in [0.1, 0.15) is 11.9 Å². The van der Waals surface area contributed by atoms with Crippen molar-refractivity contribution < 1.29 is 13.6 Å². The van der Waals surface area contributed by atoms with Crippen molar-refractivity contribution in [2.75, 3.05) is 18.4 Å². The molecular weight excluding hydrogens is 350 g/mol. The van der Waals surface area contributed by atoms with E-state index < -0.39 is 12.5 Å². The monoisotopic (exact) mass is 378 g/mol. The van der Waals surface area contributed by atoms with Crippen LogP contribution in [0.1, 0.15) is 50.3 Å². The number of rotatable bonds is 4. The number of nitrogens with one attached hydrogen (secondary N) is 1. The quantitative estimate of drug-likeness (QED) is 0.812. The highest BCUT2D eigenvalue weighted by atomic mass is 19.3. The van der Waals surface area contributed by atoms with Crippen LogP contribution in [0.25, 0.3) is 0 Å². The van der Waals surface area contributed by atoms with Crippen LogP contribution < -0.4 is 5.32 Å². The zero-order valence-corrected chi connectivity index (χ0v) is 15.8. The molecule has 0 saturated carbocycles. The number of piperidine rings is 1. The minimum atomic E-state index is -2.44. The minimum absolute atomic E-state index is 0.0467. The van der Waals surface area contributed by atoms with Crippen LogP contribution in [0, 0.1) is 18.8 Å². The minimum Gasteiger partial charge on any atom is -0.367 e. The summed E-state index contributed by atoms with van der Waals surface area (Å²) < 4.78 is 28.7. The maximum atomic E-state index is 13.6. The number of aromatic nitrogens is 2. The van der Waals surface area contributed by atoms with E-state index in [2.05, 4.69) is 22.6 Å². The number of hydrogen-bond acceptors (Lipinski definition) is 3. The van der Waals surface area contributed by atoms with Gasteiger partial charge in [-0.15, -0.1) is 0 Å². The molecule has 0 radical (unpaired) electrons. The molecule has 1 amide bonds. The first-order valence-corrected chi connectivity index (χ1v) is 10.1. The fourth-order valence-electron chi connectivity index (χ4n) is 4.79. The largest absolute Gasteiger partial charge is 0.367 e. The lowest BCUT2D eigenvalue weighted by Gasteiger charge is -2.41. The molecule has 0 spiro atoms. The van der Waals surface area contributed by atoms with Gasteiger partial charge in [-0.3, -0.25) is 4.79 Å². The predicted molar refractivity (Wildman–Crippen MR) is 99.8 cm³/mol. The third-order valence-electron chi connectivity index (χ3n) is 6.22. The van der Waals surface area contributed by atoms with Gasteiger partial charge < -0.3 is 10.2 Å². The Balaban J connectivity index is 1.43. The molecule has 1 aromatic rings. The number of carbonyl (C=O) groups excluding carboxylic acids is 1. The van der Waals surface area contributed by atoms with Gasteiger partial charge in [-0.25, -0.2) is 13.5 Å². The van der Waals surface area contributed by atoms with Crippen molar-refractivity contribution in [1.82, 2.24) is 14.7 Å². The Morgan fingerprint density at radius 2 is 2.26 bits per heavy atom. The Labute approximate surface area is 158 Å². The second-order valence-electron chi connectivity index (χ2n) is 8.22. The van der Waals surface area contributed by atoms with E-state index in [1.165, 1.54) is 4.68 Å². The summed E-state index contributed by atoms with van der Waals surface area (Å²) in [6.07, 6.45) is 6.82. The molecule has 1 aromatic heterocycles. The standard InChI is InChI=1S/C20H28F2N4O/c1-13-9-18-23-16(11-17(20(21)22)26(18)24-13)15-7-4-8-25(12-15)19(27)10-14-5-2-3-6-14/h2,5,9,14-17,20,23H,3-4,6-8,10-12H2,1H3/t14?,15?,16-,17+/m0/s1. The first-order chi connectivity index (χ1) is 13.0. The lowest BCUT2D eigenvalue weighted by Crippen LogP contribution is -2.48. The van der Waals surface area contributed by atoms with Crippen molar-refractivity contribution in [2.24, 2.45) is 11.8 Å². The van der Waals surface area contributed by atoms with E-state index in [0.29, 0.717) is 31.1 Å². The molecule has 3 aliphatic rings. The van der Waals surface area contributed by atoms with E-state index >= 15 is 0 Å². The zero-order valence-electron chi connectivity index (χ0n) is 15.8. The van der Waals surface area contributed by atoms with Gasteiger partial charge >= 0.3 is 0 Å². The molecule has 0 bridgehead atoms. The molecule has 2 aliphatic heterocycles. The smallest absolute Gasteiger partial charge is 0.260 e. The van der Waals surface area contributed by atoms with Gasteiger partial charge in [0, 0.05) is 31.6 Å². The third kappa shape index (κ3) is 3.87. The average Bonchev–Trinajstić information content (AvgIpc) is 3.29. The lowest BCUT2D eigenvalue weighted by molar-refractivity contribution is -0.133. The summed E-state index contributed by atoms with van der Waals surface area (Å²) in [5.74, 6) is 1.45. The van der Waals surface area contributed by atoms with Gasteiger partial charge in [0.05, 0.1) is 5.69 Å². The van der Waals surface area contributed by atoms with Crippen LogP contribution in [-0.2, 0) is 4.79 Å². The summed E-state index contributed by atoms with van der Waals surface area (Å²) in [7, 11) is 0. The van der Waals surface area contributed by atoms with E-state index in [0.717, 1.165) is 37.9 Å². The number of likely N-dealkylation sites (tertiary alicyclic amines) is 1. The molecule has 4 rings (SSSR count). The maximum absolute atomic E-state index is 13.6. The molecule has 5 nitrogen and oxygen atoms in total. The van der Waals surface area contributed by atoms with E-state index in [9.17, 15) is 13.6 Å². The molecule has 7 heteroatoms. The lowest BCUT2D eigenvalue weighted by atomic mass is 9.85. The molecular formula is C20H28F2N4O. The molecule has 4 atom stereocenters. The molecule has 148 valence electrons. The Morgan fingerprint density at radius 1 is 1.41 bits per heavy atom. The topological polar surface area (TPSA) is 50.2 Å². The Morgan fingerprint density at radius 3 is 3.00 bits per heavy atom. The van der Waals surface area contributed by atoms with Gasteiger partial charge in [-0.2, -0.15) is 5.10 Å². The van der Waals surface area contributed by atoms with Crippen LogP contribution in [0.15, 0.2) is 18.2 Å². The molecule has 1 N–H and O–H groups in total. The number of allylic oxidation sites excluding steroid dienone is 2. The highest BCUT2D eigenvalue weighted by Gasteiger charge is 2.38. The molecule has 3 heterocycles. The predicted octanol–water partition coefficient (Wildman–Crippen LogP) is 3.78. The summed E-state index contributed by atoms with van der Waals surface area (Å²) in [6, 6.07) is 0.893. The van der Waals surface area contributed by atoms with Crippen LogP contribution in [0.2, 0.25) is 0 Å². The highest BCUT2D eigenvalue weighted by molar-refractivity contribution is 5.76. The Kier molecular flexibility index (Phi) is 5.19. The van der Waals surface area contributed by atoms with Crippen molar-refractivity contribution >= 4 is 11.7 Å². The summed E-state index contributed by atoms with van der Waals surface area (Å²) in [4.78, 5) is 14.6. The van der Waals surface area contributed by atoms with Crippen molar-refractivity contribution in [3.8, 4) is 0 Å². The second kappa shape index (κ2) is 7.60. The molecule has 27 heavy (non-hydrogen) atoms. The fraction of sp³-hybridized carbons (Fsp3) is 0.700. The summed E-state index contributed by atoms with van der Waals surface area (Å²) in [5, 5.41) is 7.66. The first kappa shape index (κ1) is 18.4. The highest BCUT2D eigenvalue weighted by Crippen LogP contribution is 2.36. The maximum Gasteiger partial charge on any atom is 0.260 e. The second-order valence-corrected chi connectivity index (χ2v) is 8.22. The van der Waals surface area contributed by atoms with E-state index in [4.69, 9.17) is 0 Å². The van der Waals surface area contributed by atoms with Gasteiger partial charge in [0.25, 0.3) is 6.43 Å². The van der Waals surface area contributed by atoms with Gasteiger partial charge in [0.15, 0.2) is 0 Å². The molecule has 1 saturated heterocycles. The molecule has 1 fully saturated rings. The summed E-state index contributed by atoms with van der Waals surface area (Å²) in [5.41, 5.74) is 0.744. The van der Waals surface area contributed by atoms with Crippen LogP contribution in [0.3, 0.4) is 0 Å². The van der Waals surface area contributed by atoms with E-state index in [-0.39, 0.29) is 17.9 Å². The van der Waals surface area contributed by atoms with E-state index in [1.807, 2.05) is 17.9 Å². The Bertz CT molecular complexity index is 717. The van der Waals surface area contributed by atoms with Gasteiger partial charge in [-0.05, 0) is 50.9 Å². The molecule has 2 unspecified atom stereocenters. The number of fused-ring (bicyclic) bond motifs is 1. The number of carbonyl (C=O) groups is 1. The molecule has 0 aromatic carbocycles. The zero-order chi connectivity index (χ0) is 19.0. The number of nitrogens with zero attached hydrogens (tertiary/aromatic N) is 3. The average molecular weight is 378 g/mol. The van der Waals surface area contributed by atoms with Crippen LogP contribution >= 0.6 is 0 Å². The number of aryl methyl sites for hydroxylation is 1. The van der Waals surface area contributed by atoms with Crippen molar-refractivity contribution in [1.29, 1.82) is 0 Å². The first-order valence-electron chi connectivity index (χ1n) is 10.1. The van der Waals surface area contributed by atoms with Crippen LogP contribution in [-0.4, -0.2) is 46.1 Å². The number of halogens is 2. The fourth-order valence-corrected chi connectivity index (χ4v) is 4.79. The normalized spacial score (nSPS) is 30.4. The Hall–Kier alpha value is -1.92. The van der Waals surface area contributed by atoms with Crippen molar-refractivity contribution in [2.45, 2.75) is 64.0 Å². The number of amides is 1. The number of hydrogen-bond donors (Lipinski definition) is 1.